The molecule has 34 heavy (non-hydrogen) atoms. The van der Waals surface area contributed by atoms with Gasteiger partial charge in [-0.05, 0) is 88.0 Å². The number of amides is 1. The number of carbonyl (C=O) groups excluding carboxylic acids is 1. The summed E-state index contributed by atoms with van der Waals surface area (Å²) in [5.41, 5.74) is 4.64. The summed E-state index contributed by atoms with van der Waals surface area (Å²) in [6, 6.07) is 10.9. The molecule has 5 rings (SSSR count). The summed E-state index contributed by atoms with van der Waals surface area (Å²) in [4.78, 5) is 23.2. The normalized spacial score (nSPS) is 15.1. The molecular weight excluding hydrogens is 431 g/mol. The number of rotatable bonds is 6. The zero-order chi connectivity index (χ0) is 23.7. The lowest BCUT2D eigenvalue weighted by atomic mass is 9.91. The van der Waals surface area contributed by atoms with Gasteiger partial charge in [-0.1, -0.05) is 18.2 Å². The summed E-state index contributed by atoms with van der Waals surface area (Å²) in [7, 11) is 2.19. The highest BCUT2D eigenvalue weighted by molar-refractivity contribution is 6.06. The standard InChI is InChI=1S/C26H29FN6O/c1-16-4-3-5-19(27)23(16)26(34)31-22-15-28-32-24(22)25-29-20-9-8-18(14-21(20)30-25)7-6-17-10-12-33(2)13-11-17/h3-5,8-9,14-15,17H,6-7,10-13H2,1-2H3,(H,28,32)(H,29,30)(H,31,34). The van der Waals surface area contributed by atoms with Gasteiger partial charge in [-0.2, -0.15) is 5.10 Å². The average Bonchev–Trinajstić information content (AvgIpc) is 3.44. The van der Waals surface area contributed by atoms with E-state index < -0.39 is 11.7 Å². The lowest BCUT2D eigenvalue weighted by Gasteiger charge is -2.28. The first-order chi connectivity index (χ1) is 16.5. The van der Waals surface area contributed by atoms with Crippen molar-refractivity contribution in [2.75, 3.05) is 25.5 Å². The Morgan fingerprint density at radius 1 is 1.24 bits per heavy atom. The topological polar surface area (TPSA) is 89.7 Å². The number of imidazole rings is 1. The van der Waals surface area contributed by atoms with E-state index in [0.717, 1.165) is 23.4 Å². The number of nitrogens with zero attached hydrogens (tertiary/aromatic N) is 3. The minimum atomic E-state index is -0.556. The molecule has 3 N–H and O–H groups in total. The highest BCUT2D eigenvalue weighted by Gasteiger charge is 2.20. The summed E-state index contributed by atoms with van der Waals surface area (Å²) in [5.74, 6) is 0.281. The van der Waals surface area contributed by atoms with Gasteiger partial charge < -0.3 is 15.2 Å². The molecule has 0 spiro atoms. The van der Waals surface area contributed by atoms with E-state index in [2.05, 4.69) is 49.6 Å². The zero-order valence-electron chi connectivity index (χ0n) is 19.5. The number of likely N-dealkylation sites (tertiary alicyclic amines) is 1. The Hall–Kier alpha value is -3.52. The van der Waals surface area contributed by atoms with Gasteiger partial charge >= 0.3 is 0 Å². The van der Waals surface area contributed by atoms with Crippen LogP contribution >= 0.6 is 0 Å². The predicted molar refractivity (Wildman–Crippen MR) is 131 cm³/mol. The molecule has 7 nitrogen and oxygen atoms in total. The second-order valence-electron chi connectivity index (χ2n) is 9.27. The first-order valence-electron chi connectivity index (χ1n) is 11.8. The number of hydrogen-bond donors (Lipinski definition) is 3. The molecule has 1 amide bonds. The van der Waals surface area contributed by atoms with Crippen molar-refractivity contribution in [1.82, 2.24) is 25.1 Å². The molecule has 1 saturated heterocycles. The number of hydrogen-bond acceptors (Lipinski definition) is 4. The van der Waals surface area contributed by atoms with Crippen LogP contribution in [-0.4, -0.2) is 51.1 Å². The number of benzene rings is 2. The maximum Gasteiger partial charge on any atom is 0.259 e. The lowest BCUT2D eigenvalue weighted by Crippen LogP contribution is -2.30. The largest absolute Gasteiger partial charge is 0.337 e. The Morgan fingerprint density at radius 3 is 2.85 bits per heavy atom. The van der Waals surface area contributed by atoms with Crippen LogP contribution in [-0.2, 0) is 6.42 Å². The number of nitrogens with one attached hydrogen (secondary N) is 3. The third-order valence-electron chi connectivity index (χ3n) is 6.80. The van der Waals surface area contributed by atoms with Crippen LogP contribution in [0.25, 0.3) is 22.6 Å². The van der Waals surface area contributed by atoms with Crippen LogP contribution < -0.4 is 5.32 Å². The molecule has 2 aromatic heterocycles. The van der Waals surface area contributed by atoms with Crippen molar-refractivity contribution in [3.63, 3.8) is 0 Å². The minimum absolute atomic E-state index is 0.0218. The Morgan fingerprint density at radius 2 is 2.06 bits per heavy atom. The predicted octanol–water partition coefficient (Wildman–Crippen LogP) is 4.93. The molecular formula is C26H29FN6O. The molecule has 0 unspecified atom stereocenters. The molecule has 1 aliphatic heterocycles. The molecule has 0 bridgehead atoms. The summed E-state index contributed by atoms with van der Waals surface area (Å²) in [5, 5.41) is 9.73. The third kappa shape index (κ3) is 4.59. The Kier molecular flexibility index (Phi) is 6.15. The molecule has 0 atom stereocenters. The molecule has 8 heteroatoms. The Balaban J connectivity index is 1.32. The number of aromatic nitrogens is 4. The van der Waals surface area contributed by atoms with E-state index in [9.17, 15) is 9.18 Å². The molecule has 0 radical (unpaired) electrons. The van der Waals surface area contributed by atoms with Crippen molar-refractivity contribution < 1.29 is 9.18 Å². The molecule has 1 aliphatic rings. The average molecular weight is 461 g/mol. The van der Waals surface area contributed by atoms with Crippen molar-refractivity contribution >= 4 is 22.6 Å². The summed E-state index contributed by atoms with van der Waals surface area (Å²) in [6.07, 6.45) is 6.30. The van der Waals surface area contributed by atoms with Crippen LogP contribution in [0.15, 0.2) is 42.6 Å². The quantitative estimate of drug-likeness (QED) is 0.381. The number of piperidine rings is 1. The zero-order valence-corrected chi connectivity index (χ0v) is 19.5. The number of halogens is 1. The maximum absolute atomic E-state index is 14.2. The van der Waals surface area contributed by atoms with Crippen LogP contribution in [0.1, 0.15) is 40.7 Å². The molecule has 2 aromatic carbocycles. The van der Waals surface area contributed by atoms with Gasteiger partial charge in [0.1, 0.15) is 11.5 Å². The van der Waals surface area contributed by atoms with Crippen LogP contribution in [0.3, 0.4) is 0 Å². The molecule has 4 aromatic rings. The first kappa shape index (κ1) is 22.3. The van der Waals surface area contributed by atoms with Crippen LogP contribution in [0.5, 0.6) is 0 Å². The number of carbonyl (C=O) groups is 1. The van der Waals surface area contributed by atoms with Gasteiger partial charge in [0.2, 0.25) is 0 Å². The summed E-state index contributed by atoms with van der Waals surface area (Å²) >= 11 is 0. The lowest BCUT2D eigenvalue weighted by molar-refractivity contribution is 0.102. The SMILES string of the molecule is Cc1cccc(F)c1C(=O)Nc1cn[nH]c1-c1nc2ccc(CCC3CCN(C)CC3)cc2[nH]1. The molecule has 0 saturated carbocycles. The van der Waals surface area contributed by atoms with Gasteiger partial charge in [0.15, 0.2) is 5.82 Å². The number of fused-ring (bicyclic) bond motifs is 1. The van der Waals surface area contributed by atoms with Gasteiger partial charge in [-0.25, -0.2) is 9.37 Å². The molecule has 0 aliphatic carbocycles. The van der Waals surface area contributed by atoms with Crippen molar-refractivity contribution in [2.45, 2.75) is 32.6 Å². The van der Waals surface area contributed by atoms with E-state index in [0.29, 0.717) is 22.8 Å². The van der Waals surface area contributed by atoms with Gasteiger partial charge in [-0.15, -0.1) is 0 Å². The highest BCUT2D eigenvalue weighted by Crippen LogP contribution is 2.28. The number of aromatic amines is 2. The third-order valence-corrected chi connectivity index (χ3v) is 6.80. The number of aryl methyl sites for hydroxylation is 2. The van der Waals surface area contributed by atoms with Crippen LogP contribution in [0.4, 0.5) is 10.1 Å². The van der Waals surface area contributed by atoms with E-state index >= 15 is 0 Å². The Bertz CT molecular complexity index is 1300. The van der Waals surface area contributed by atoms with E-state index in [1.54, 1.807) is 19.1 Å². The second-order valence-corrected chi connectivity index (χ2v) is 9.27. The molecule has 176 valence electrons. The van der Waals surface area contributed by atoms with E-state index in [1.807, 2.05) is 6.07 Å². The van der Waals surface area contributed by atoms with Crippen molar-refractivity contribution in [3.8, 4) is 11.5 Å². The number of anilines is 1. The smallest absolute Gasteiger partial charge is 0.259 e. The van der Waals surface area contributed by atoms with E-state index in [4.69, 9.17) is 0 Å². The molecule has 1 fully saturated rings. The number of H-pyrrole nitrogens is 2. The Labute approximate surface area is 197 Å². The van der Waals surface area contributed by atoms with Crippen LogP contribution in [0.2, 0.25) is 0 Å². The highest BCUT2D eigenvalue weighted by atomic mass is 19.1. The van der Waals surface area contributed by atoms with Gasteiger partial charge in [0, 0.05) is 0 Å². The minimum Gasteiger partial charge on any atom is -0.337 e. The fourth-order valence-corrected chi connectivity index (χ4v) is 4.72. The fraction of sp³-hybridized carbons (Fsp3) is 0.346. The van der Waals surface area contributed by atoms with Gasteiger partial charge in [0.05, 0.1) is 28.5 Å². The van der Waals surface area contributed by atoms with E-state index in [1.165, 1.54) is 50.2 Å². The maximum atomic E-state index is 14.2. The van der Waals surface area contributed by atoms with Gasteiger partial charge in [-0.3, -0.25) is 9.89 Å². The van der Waals surface area contributed by atoms with Crippen molar-refractivity contribution in [1.29, 1.82) is 0 Å². The molecule has 3 heterocycles. The van der Waals surface area contributed by atoms with E-state index in [-0.39, 0.29) is 5.56 Å². The monoisotopic (exact) mass is 460 g/mol. The summed E-state index contributed by atoms with van der Waals surface area (Å²) < 4.78 is 14.2. The van der Waals surface area contributed by atoms with Crippen LogP contribution in [0, 0.1) is 18.7 Å². The fourth-order valence-electron chi connectivity index (χ4n) is 4.72. The van der Waals surface area contributed by atoms with Crippen molar-refractivity contribution in [2.24, 2.45) is 5.92 Å². The van der Waals surface area contributed by atoms with Crippen molar-refractivity contribution in [3.05, 3.63) is 65.1 Å². The van der Waals surface area contributed by atoms with Gasteiger partial charge in [0.25, 0.3) is 5.91 Å². The first-order valence-corrected chi connectivity index (χ1v) is 11.8. The summed E-state index contributed by atoms with van der Waals surface area (Å²) in [6.45, 7) is 4.08. The second kappa shape index (κ2) is 9.38.